The molecule has 0 unspecified atom stereocenters. The van der Waals surface area contributed by atoms with Crippen molar-refractivity contribution in [3.05, 3.63) is 42.6 Å². The molecule has 1 fully saturated rings. The van der Waals surface area contributed by atoms with Crippen molar-refractivity contribution >= 4 is 11.5 Å². The van der Waals surface area contributed by atoms with Gasteiger partial charge in [-0.1, -0.05) is 25.0 Å². The highest BCUT2D eigenvalue weighted by molar-refractivity contribution is 5.65. The van der Waals surface area contributed by atoms with Gasteiger partial charge in [-0.25, -0.2) is 9.50 Å². The molecule has 1 aromatic carbocycles. The quantitative estimate of drug-likeness (QED) is 0.673. The van der Waals surface area contributed by atoms with Gasteiger partial charge in [0.05, 0.1) is 24.6 Å². The molecule has 0 atom stereocenters. The van der Waals surface area contributed by atoms with Crippen LogP contribution in [0.1, 0.15) is 25.7 Å². The van der Waals surface area contributed by atoms with Crippen molar-refractivity contribution in [3.8, 4) is 17.0 Å². The molecule has 0 saturated heterocycles. The van der Waals surface area contributed by atoms with E-state index in [-0.39, 0.29) is 5.75 Å². The van der Waals surface area contributed by atoms with Crippen LogP contribution in [0.3, 0.4) is 0 Å². The van der Waals surface area contributed by atoms with Crippen molar-refractivity contribution in [2.75, 3.05) is 18.5 Å². The number of aromatic hydroxyl groups is 1. The van der Waals surface area contributed by atoms with E-state index in [1.807, 2.05) is 24.3 Å². The van der Waals surface area contributed by atoms with Gasteiger partial charge >= 0.3 is 0 Å². The second-order valence-corrected chi connectivity index (χ2v) is 6.39. The summed E-state index contributed by atoms with van der Waals surface area (Å²) in [4.78, 5) is 4.38. The summed E-state index contributed by atoms with van der Waals surface area (Å²) in [5.41, 5.74) is 2.49. The minimum Gasteiger partial charge on any atom is -0.508 e. The minimum atomic E-state index is 0.228. The first-order chi connectivity index (χ1) is 12.3. The smallest absolute Gasteiger partial charge is 0.154 e. The number of ether oxygens (including phenoxy) is 1. The van der Waals surface area contributed by atoms with Crippen molar-refractivity contribution in [2.45, 2.75) is 31.8 Å². The van der Waals surface area contributed by atoms with E-state index in [9.17, 15) is 5.11 Å². The van der Waals surface area contributed by atoms with Crippen molar-refractivity contribution < 1.29 is 9.84 Å². The zero-order valence-electron chi connectivity index (χ0n) is 14.1. The summed E-state index contributed by atoms with van der Waals surface area (Å²) < 4.78 is 7.65. The molecule has 1 aliphatic carbocycles. The third-order valence-corrected chi connectivity index (χ3v) is 4.57. The summed E-state index contributed by atoms with van der Waals surface area (Å²) in [5, 5.41) is 17.6. The zero-order chi connectivity index (χ0) is 17.1. The topological polar surface area (TPSA) is 71.7 Å². The third-order valence-electron chi connectivity index (χ3n) is 4.57. The first-order valence-electron chi connectivity index (χ1n) is 8.79. The lowest BCUT2D eigenvalue weighted by molar-refractivity contribution is 0.0658. The Morgan fingerprint density at radius 1 is 1.20 bits per heavy atom. The number of benzene rings is 1. The van der Waals surface area contributed by atoms with Gasteiger partial charge in [0.2, 0.25) is 0 Å². The SMILES string of the molecule is Oc1cccc(-c2cnc3ccc(NCCOC4CCCC4)nn23)c1. The predicted octanol–water partition coefficient (Wildman–Crippen LogP) is 3.47. The van der Waals surface area contributed by atoms with Crippen molar-refractivity contribution in [2.24, 2.45) is 0 Å². The van der Waals surface area contributed by atoms with E-state index < -0.39 is 0 Å². The molecule has 2 heterocycles. The number of nitrogens with one attached hydrogen (secondary N) is 1. The molecular formula is C19H22N4O2. The Morgan fingerprint density at radius 2 is 2.08 bits per heavy atom. The van der Waals surface area contributed by atoms with Gasteiger partial charge in [-0.05, 0) is 37.1 Å². The van der Waals surface area contributed by atoms with E-state index >= 15 is 0 Å². The molecule has 25 heavy (non-hydrogen) atoms. The van der Waals surface area contributed by atoms with Gasteiger partial charge in [0.15, 0.2) is 5.65 Å². The molecule has 2 N–H and O–H groups in total. The Labute approximate surface area is 146 Å². The molecule has 6 heteroatoms. The summed E-state index contributed by atoms with van der Waals surface area (Å²) in [6.07, 6.45) is 7.15. The Hall–Kier alpha value is -2.60. The summed E-state index contributed by atoms with van der Waals surface area (Å²) in [6.45, 7) is 1.42. The summed E-state index contributed by atoms with van der Waals surface area (Å²) in [6, 6.07) is 11.0. The highest BCUT2D eigenvalue weighted by atomic mass is 16.5. The lowest BCUT2D eigenvalue weighted by atomic mass is 10.1. The van der Waals surface area contributed by atoms with Crippen LogP contribution in [-0.2, 0) is 4.74 Å². The maximum absolute atomic E-state index is 9.70. The van der Waals surface area contributed by atoms with Crippen LogP contribution in [0.15, 0.2) is 42.6 Å². The molecule has 0 amide bonds. The van der Waals surface area contributed by atoms with Gasteiger partial charge in [0, 0.05) is 12.1 Å². The monoisotopic (exact) mass is 338 g/mol. The fourth-order valence-corrected chi connectivity index (χ4v) is 3.29. The number of fused-ring (bicyclic) bond motifs is 1. The van der Waals surface area contributed by atoms with Gasteiger partial charge in [0.1, 0.15) is 11.6 Å². The largest absolute Gasteiger partial charge is 0.508 e. The number of nitrogens with zero attached hydrogens (tertiary/aromatic N) is 3. The van der Waals surface area contributed by atoms with E-state index in [1.165, 1.54) is 25.7 Å². The number of rotatable bonds is 6. The van der Waals surface area contributed by atoms with Crippen LogP contribution >= 0.6 is 0 Å². The number of aromatic nitrogens is 3. The lowest BCUT2D eigenvalue weighted by Crippen LogP contribution is -2.16. The summed E-state index contributed by atoms with van der Waals surface area (Å²) in [5.74, 6) is 1.01. The molecule has 6 nitrogen and oxygen atoms in total. The molecule has 4 rings (SSSR count). The molecule has 130 valence electrons. The van der Waals surface area contributed by atoms with Crippen molar-refractivity contribution in [1.29, 1.82) is 0 Å². The molecule has 0 aliphatic heterocycles. The number of phenolic OH excluding ortho intramolecular Hbond substituents is 1. The van der Waals surface area contributed by atoms with Crippen LogP contribution in [0.4, 0.5) is 5.82 Å². The molecule has 0 bridgehead atoms. The number of hydrogen-bond donors (Lipinski definition) is 2. The fourth-order valence-electron chi connectivity index (χ4n) is 3.29. The van der Waals surface area contributed by atoms with Crippen LogP contribution < -0.4 is 5.32 Å². The first kappa shape index (κ1) is 15.9. The zero-order valence-corrected chi connectivity index (χ0v) is 14.1. The molecule has 2 aromatic heterocycles. The van der Waals surface area contributed by atoms with Crippen LogP contribution in [-0.4, -0.2) is 39.0 Å². The van der Waals surface area contributed by atoms with Crippen LogP contribution in [0.2, 0.25) is 0 Å². The molecule has 0 spiro atoms. The average molecular weight is 338 g/mol. The Balaban J connectivity index is 1.46. The minimum absolute atomic E-state index is 0.228. The number of hydrogen-bond acceptors (Lipinski definition) is 5. The Morgan fingerprint density at radius 3 is 2.92 bits per heavy atom. The number of imidazole rings is 1. The molecule has 0 radical (unpaired) electrons. The Kier molecular flexibility index (Phi) is 4.52. The van der Waals surface area contributed by atoms with Gasteiger partial charge in [0.25, 0.3) is 0 Å². The van der Waals surface area contributed by atoms with E-state index in [0.29, 0.717) is 12.7 Å². The summed E-state index contributed by atoms with van der Waals surface area (Å²) >= 11 is 0. The molecular weight excluding hydrogens is 316 g/mol. The maximum Gasteiger partial charge on any atom is 0.154 e. The van der Waals surface area contributed by atoms with E-state index in [4.69, 9.17) is 4.74 Å². The number of anilines is 1. The van der Waals surface area contributed by atoms with E-state index in [0.717, 1.165) is 29.3 Å². The normalized spacial score (nSPS) is 15.0. The lowest BCUT2D eigenvalue weighted by Gasteiger charge is -2.12. The van der Waals surface area contributed by atoms with Crippen molar-refractivity contribution in [3.63, 3.8) is 0 Å². The summed E-state index contributed by atoms with van der Waals surface area (Å²) in [7, 11) is 0. The highest BCUT2D eigenvalue weighted by Gasteiger charge is 2.14. The van der Waals surface area contributed by atoms with Crippen LogP contribution in [0.25, 0.3) is 16.9 Å². The second-order valence-electron chi connectivity index (χ2n) is 6.39. The molecule has 3 aromatic rings. The van der Waals surface area contributed by atoms with Gasteiger partial charge in [-0.2, -0.15) is 0 Å². The van der Waals surface area contributed by atoms with Gasteiger partial charge < -0.3 is 15.2 Å². The van der Waals surface area contributed by atoms with Crippen LogP contribution in [0, 0.1) is 0 Å². The standard InChI is InChI=1S/C19H22N4O2/c24-15-5-3-4-14(12-15)17-13-21-19-9-8-18(22-23(17)19)20-10-11-25-16-6-1-2-7-16/h3-5,8-9,12-13,16,24H,1-2,6-7,10-11H2,(H,20,22). The fraction of sp³-hybridized carbons (Fsp3) is 0.368. The number of phenols is 1. The van der Waals surface area contributed by atoms with E-state index in [2.05, 4.69) is 15.4 Å². The van der Waals surface area contributed by atoms with E-state index in [1.54, 1.807) is 22.8 Å². The van der Waals surface area contributed by atoms with Crippen molar-refractivity contribution in [1.82, 2.24) is 14.6 Å². The third kappa shape index (κ3) is 3.58. The highest BCUT2D eigenvalue weighted by Crippen LogP contribution is 2.24. The maximum atomic E-state index is 9.70. The van der Waals surface area contributed by atoms with Crippen LogP contribution in [0.5, 0.6) is 5.75 Å². The predicted molar refractivity (Wildman–Crippen MR) is 96.8 cm³/mol. The van der Waals surface area contributed by atoms with Gasteiger partial charge in [-0.15, -0.1) is 5.10 Å². The Bertz CT molecular complexity index is 856. The first-order valence-corrected chi connectivity index (χ1v) is 8.79. The van der Waals surface area contributed by atoms with Gasteiger partial charge in [-0.3, -0.25) is 0 Å². The second kappa shape index (κ2) is 7.11. The average Bonchev–Trinajstić information content (AvgIpc) is 3.28. The molecule has 1 saturated carbocycles. The molecule has 1 aliphatic rings.